The zero-order valence-electron chi connectivity index (χ0n) is 48.9. The molecular weight excluding hydrogens is 1340 g/mol. The fraction of sp³-hybridized carbons (Fsp3) is 0.0123. The van der Waals surface area contributed by atoms with Gasteiger partial charge in [-0.25, -0.2) is 0 Å². The van der Waals surface area contributed by atoms with E-state index in [1.165, 1.54) is 32.7 Å². The van der Waals surface area contributed by atoms with Gasteiger partial charge in [0.1, 0.15) is 44.7 Å². The van der Waals surface area contributed by atoms with Gasteiger partial charge in [0.2, 0.25) is 0 Å². The molecule has 10 heteroatoms. The molecule has 438 valence electrons. The molecule has 0 amide bonds. The number of hydrogen-bond donors (Lipinski definition) is 2. The first-order valence-electron chi connectivity index (χ1n) is 29.7. The van der Waals surface area contributed by atoms with E-state index < -0.39 is 0 Å². The lowest BCUT2D eigenvalue weighted by atomic mass is 10.0. The Kier molecular flexibility index (Phi) is 15.7. The molecule has 0 radical (unpaired) electrons. The van der Waals surface area contributed by atoms with Gasteiger partial charge in [-0.1, -0.05) is 206 Å². The highest BCUT2D eigenvalue weighted by Crippen LogP contribution is 2.44. The maximum Gasteiger partial charge on any atom is 0.135 e. The third-order valence-corrected chi connectivity index (χ3v) is 18.7. The highest BCUT2D eigenvalue weighted by Gasteiger charge is 2.20. The molecule has 0 aliphatic rings. The summed E-state index contributed by atoms with van der Waals surface area (Å²) in [6, 6.07) is 101. The molecule has 0 aliphatic carbocycles. The van der Waals surface area contributed by atoms with Gasteiger partial charge < -0.3 is 27.9 Å². The molecule has 18 rings (SSSR count). The molecule has 6 nitrogen and oxygen atoms in total. The van der Waals surface area contributed by atoms with Crippen LogP contribution in [0.1, 0.15) is 0 Å². The Morgan fingerprint density at radius 2 is 0.560 bits per heavy atom. The van der Waals surface area contributed by atoms with E-state index in [0.29, 0.717) is 0 Å². The molecule has 0 spiro atoms. The van der Waals surface area contributed by atoms with Crippen LogP contribution in [0.5, 0.6) is 0 Å². The number of hydrogen-bond acceptors (Lipinski definition) is 7. The van der Waals surface area contributed by atoms with E-state index in [2.05, 4.69) is 271 Å². The summed E-state index contributed by atoms with van der Waals surface area (Å²) < 4.78 is 27.5. The summed E-state index contributed by atoms with van der Waals surface area (Å²) in [4.78, 5) is 2.34. The van der Waals surface area contributed by atoms with Crippen molar-refractivity contribution in [2.45, 2.75) is 0 Å². The van der Waals surface area contributed by atoms with Gasteiger partial charge in [0.15, 0.2) is 0 Å². The summed E-state index contributed by atoms with van der Waals surface area (Å²) in [5, 5.41) is 17.4. The zero-order valence-corrected chi connectivity index (χ0v) is 54.5. The Labute approximate surface area is 554 Å². The first-order chi connectivity index (χ1) is 44.8. The number of rotatable bonds is 7. The number of fused-ring (bicyclic) bond motifs is 14. The van der Waals surface area contributed by atoms with Crippen LogP contribution in [0.15, 0.2) is 322 Å². The fourth-order valence-corrected chi connectivity index (χ4v) is 13.7. The van der Waals surface area contributed by atoms with Gasteiger partial charge in [-0.3, -0.25) is 0 Å². The highest BCUT2D eigenvalue weighted by molar-refractivity contribution is 9.11. The van der Waals surface area contributed by atoms with Crippen LogP contribution in [-0.2, 0) is 0 Å². The first-order valence-corrected chi connectivity index (χ1v) is 33.0. The topological polar surface area (TPSA) is 67.8 Å². The predicted octanol–water partition coefficient (Wildman–Crippen LogP) is 26.3. The standard InChI is InChI=1S/C40H24BrNO2.C30H19NO2.C10H6Br2.CH4S/c41-35-19-20-36(30-8-2-1-7-29(30)35)42(28-18-22-40-34(24-28)32-10-4-6-12-38(32)44-40)27-16-13-25(14-17-27)26-15-21-39-33(23-26)31-9-3-5-11-37(31)43-39;1-3-7-27-23(5-1)25-17-20(11-15-29(25)32-27)19-9-12-21(13-10-19)31-22-14-16-30-26(18-22)24-6-2-4-8-28(24)33-30;11-9-5-6-10(12)8-4-2-1-3-7(8)9;1-2/h1-24H;1-18,31H;1-6H;2H,1H3. The maximum atomic E-state index is 6.17. The molecule has 0 aliphatic heterocycles. The molecule has 0 atom stereocenters. The molecule has 4 aromatic heterocycles. The van der Waals surface area contributed by atoms with Crippen LogP contribution < -0.4 is 10.2 Å². The number of halogens is 3. The Hall–Kier alpha value is -9.81. The summed E-state index contributed by atoms with van der Waals surface area (Å²) in [5.74, 6) is 0. The lowest BCUT2D eigenvalue weighted by Crippen LogP contribution is -2.10. The SMILES string of the molecule is Brc1ccc(Br)c2ccccc12.Brc1ccc(N(c2ccc(-c3ccc4oc5ccccc5c4c3)cc2)c2ccc3oc4ccccc4c3c2)c2ccccc12.CS.c1ccc2c(c1)oc1ccc(Nc3ccc(-c4ccc5oc6ccccc6c5c4)cc3)cc12. The monoisotopic (exact) mass is 1390 g/mol. The van der Waals surface area contributed by atoms with Gasteiger partial charge in [0, 0.05) is 84.6 Å². The summed E-state index contributed by atoms with van der Waals surface area (Å²) >= 11 is 14.3. The van der Waals surface area contributed by atoms with Crippen molar-refractivity contribution in [3.63, 3.8) is 0 Å². The number of para-hydroxylation sites is 4. The smallest absolute Gasteiger partial charge is 0.135 e. The lowest BCUT2D eigenvalue weighted by molar-refractivity contribution is 0.668. The van der Waals surface area contributed by atoms with Crippen molar-refractivity contribution in [3.8, 4) is 22.3 Å². The molecule has 1 N–H and O–H groups in total. The normalized spacial score (nSPS) is 11.4. The maximum absolute atomic E-state index is 6.17. The number of anilines is 5. The van der Waals surface area contributed by atoms with Gasteiger partial charge in [-0.05, 0) is 178 Å². The van der Waals surface area contributed by atoms with Gasteiger partial charge in [-0.2, -0.15) is 12.6 Å². The highest BCUT2D eigenvalue weighted by atomic mass is 79.9. The second-order valence-corrected chi connectivity index (χ2v) is 24.5. The van der Waals surface area contributed by atoms with Crippen LogP contribution in [0.4, 0.5) is 28.4 Å². The Balaban J connectivity index is 0.000000128. The van der Waals surface area contributed by atoms with Gasteiger partial charge >= 0.3 is 0 Å². The quantitative estimate of drug-likeness (QED) is 0.155. The van der Waals surface area contributed by atoms with Gasteiger partial charge in [0.25, 0.3) is 0 Å². The number of thiol groups is 1. The van der Waals surface area contributed by atoms with Crippen molar-refractivity contribution in [3.05, 3.63) is 305 Å². The first kappa shape index (κ1) is 57.6. The van der Waals surface area contributed by atoms with Crippen LogP contribution >= 0.6 is 60.4 Å². The molecule has 4 heterocycles. The fourth-order valence-electron chi connectivity index (χ4n) is 12.3. The second kappa shape index (κ2) is 24.9. The van der Waals surface area contributed by atoms with Crippen LogP contribution in [-0.4, -0.2) is 6.26 Å². The van der Waals surface area contributed by atoms with E-state index in [1.54, 1.807) is 6.26 Å². The average molecular weight is 1390 g/mol. The number of furan rings is 4. The molecular formula is C81H53Br3N2O4S. The van der Waals surface area contributed by atoms with E-state index in [9.17, 15) is 0 Å². The molecule has 91 heavy (non-hydrogen) atoms. The number of nitrogens with one attached hydrogen (secondary N) is 1. The van der Waals surface area contributed by atoms with E-state index in [1.807, 2.05) is 91.0 Å². The Morgan fingerprint density at radius 3 is 1.02 bits per heavy atom. The van der Waals surface area contributed by atoms with Crippen molar-refractivity contribution in [1.82, 2.24) is 0 Å². The van der Waals surface area contributed by atoms with E-state index in [4.69, 9.17) is 17.7 Å². The molecule has 0 fully saturated rings. The largest absolute Gasteiger partial charge is 0.456 e. The van der Waals surface area contributed by atoms with Crippen molar-refractivity contribution >= 4 is 198 Å². The van der Waals surface area contributed by atoms with Crippen LogP contribution in [0.25, 0.3) is 132 Å². The lowest BCUT2D eigenvalue weighted by Gasteiger charge is -2.27. The van der Waals surface area contributed by atoms with Crippen LogP contribution in [0.2, 0.25) is 0 Å². The number of benzene rings is 14. The second-order valence-electron chi connectivity index (χ2n) is 22.0. The van der Waals surface area contributed by atoms with Gasteiger partial charge in [-0.15, -0.1) is 0 Å². The van der Waals surface area contributed by atoms with Gasteiger partial charge in [0.05, 0.1) is 5.69 Å². The molecule has 0 bridgehead atoms. The van der Waals surface area contributed by atoms with Crippen molar-refractivity contribution in [2.24, 2.45) is 0 Å². The Bertz CT molecular complexity index is 5690. The minimum absolute atomic E-state index is 0.882. The third kappa shape index (κ3) is 11.1. The average Bonchev–Trinajstić information content (AvgIpc) is 2.04. The third-order valence-electron chi connectivity index (χ3n) is 16.6. The molecule has 18 aromatic rings. The molecule has 14 aromatic carbocycles. The van der Waals surface area contributed by atoms with E-state index >= 15 is 0 Å². The van der Waals surface area contributed by atoms with Crippen molar-refractivity contribution in [1.29, 1.82) is 0 Å². The summed E-state index contributed by atoms with van der Waals surface area (Å²) in [7, 11) is 0. The van der Waals surface area contributed by atoms with Crippen LogP contribution in [0.3, 0.4) is 0 Å². The summed E-state index contributed by atoms with van der Waals surface area (Å²) in [6.07, 6.45) is 1.69. The number of nitrogens with zero attached hydrogens (tertiary/aromatic N) is 1. The van der Waals surface area contributed by atoms with Crippen molar-refractivity contribution in [2.75, 3.05) is 16.5 Å². The molecule has 0 saturated heterocycles. The van der Waals surface area contributed by atoms with Crippen LogP contribution in [0, 0.1) is 0 Å². The predicted molar refractivity (Wildman–Crippen MR) is 397 cm³/mol. The summed E-state index contributed by atoms with van der Waals surface area (Å²) in [5.41, 5.74) is 17.2. The van der Waals surface area contributed by atoms with Crippen molar-refractivity contribution < 1.29 is 17.7 Å². The summed E-state index contributed by atoms with van der Waals surface area (Å²) in [6.45, 7) is 0. The zero-order chi connectivity index (χ0) is 61.5. The molecule has 0 unspecified atom stereocenters. The minimum atomic E-state index is 0.882. The Morgan fingerprint density at radius 1 is 0.253 bits per heavy atom. The van der Waals surface area contributed by atoms with E-state index in [-0.39, 0.29) is 0 Å². The molecule has 0 saturated carbocycles. The van der Waals surface area contributed by atoms with E-state index in [0.717, 1.165) is 141 Å². The minimum Gasteiger partial charge on any atom is -0.456 e.